The second-order valence-electron chi connectivity index (χ2n) is 5.04. The van der Waals surface area contributed by atoms with Crippen LogP contribution in [0, 0.1) is 3.82 Å². The van der Waals surface area contributed by atoms with Crippen molar-refractivity contribution in [3.63, 3.8) is 0 Å². The third-order valence-corrected chi connectivity index (χ3v) is 7.57. The molecule has 1 aromatic carbocycles. The van der Waals surface area contributed by atoms with Gasteiger partial charge in [-0.1, -0.05) is 39.8 Å². The molecule has 9 heteroatoms. The van der Waals surface area contributed by atoms with Gasteiger partial charge in [0.1, 0.15) is 14.5 Å². The van der Waals surface area contributed by atoms with Gasteiger partial charge in [-0.25, -0.2) is 0 Å². The Morgan fingerprint density at radius 2 is 2.09 bits per heavy atom. The molecular weight excluding hydrogens is 383 g/mol. The fourth-order valence-electron chi connectivity index (χ4n) is 2.50. The molecule has 0 spiro atoms. The maximum atomic E-state index is 11.7. The van der Waals surface area contributed by atoms with Crippen LogP contribution in [0.5, 0.6) is 5.75 Å². The molecule has 1 aromatic heterocycles. The van der Waals surface area contributed by atoms with E-state index in [1.807, 2.05) is 6.92 Å². The fourth-order valence-corrected chi connectivity index (χ4v) is 6.18. The number of benzene rings is 1. The SMILES string of the molecule is CCCOc1cc2c(cc1S(=O)(=O)O)-c1ssc(=S)c1CC2.[H-].[Na+]. The van der Waals surface area contributed by atoms with E-state index in [0.29, 0.717) is 6.61 Å². The predicted molar refractivity (Wildman–Crippen MR) is 92.6 cm³/mol. The van der Waals surface area contributed by atoms with E-state index < -0.39 is 10.1 Å². The topological polar surface area (TPSA) is 63.6 Å². The Labute approximate surface area is 171 Å². The molecule has 4 nitrogen and oxygen atoms in total. The second kappa shape index (κ2) is 7.61. The molecule has 0 saturated heterocycles. The second-order valence-corrected chi connectivity index (χ2v) is 9.25. The van der Waals surface area contributed by atoms with Crippen LogP contribution in [-0.2, 0) is 23.0 Å². The molecule has 1 heterocycles. The van der Waals surface area contributed by atoms with Crippen LogP contribution in [0.3, 0.4) is 0 Å². The molecule has 2 aromatic rings. The first kappa shape index (κ1) is 19.5. The Morgan fingerprint density at radius 1 is 1.35 bits per heavy atom. The minimum Gasteiger partial charge on any atom is -1.00 e. The van der Waals surface area contributed by atoms with Gasteiger partial charge in [0.05, 0.1) is 11.5 Å². The molecule has 3 rings (SSSR count). The van der Waals surface area contributed by atoms with E-state index in [2.05, 4.69) is 0 Å². The van der Waals surface area contributed by atoms with E-state index in [0.717, 1.165) is 44.7 Å². The van der Waals surface area contributed by atoms with Crippen LogP contribution in [0.1, 0.15) is 25.9 Å². The zero-order valence-corrected chi connectivity index (χ0v) is 18.1. The van der Waals surface area contributed by atoms with Crippen molar-refractivity contribution < 1.29 is 48.7 Å². The van der Waals surface area contributed by atoms with Crippen LogP contribution in [0.25, 0.3) is 10.4 Å². The van der Waals surface area contributed by atoms with E-state index in [4.69, 9.17) is 17.0 Å². The molecule has 0 aliphatic heterocycles. The number of aryl methyl sites for hydroxylation is 1. The quantitative estimate of drug-likeness (QED) is 0.366. The summed E-state index contributed by atoms with van der Waals surface area (Å²) in [6.07, 6.45) is 2.42. The summed E-state index contributed by atoms with van der Waals surface area (Å²) in [6, 6.07) is 3.26. The number of ether oxygens (including phenoxy) is 1. The fraction of sp³-hybridized carbons (Fsp3) is 0.357. The molecule has 23 heavy (non-hydrogen) atoms. The number of rotatable bonds is 4. The number of hydrogen-bond acceptors (Lipinski definition) is 6. The molecule has 0 bridgehead atoms. The zero-order chi connectivity index (χ0) is 15.9. The Kier molecular flexibility index (Phi) is 6.46. The van der Waals surface area contributed by atoms with Crippen molar-refractivity contribution in [1.82, 2.24) is 0 Å². The van der Waals surface area contributed by atoms with Crippen molar-refractivity contribution >= 4 is 43.0 Å². The van der Waals surface area contributed by atoms with Gasteiger partial charge in [0.2, 0.25) is 0 Å². The maximum Gasteiger partial charge on any atom is 1.00 e. The molecular formula is C14H15NaO4S4. The Bertz CT molecular complexity index is 889. The minimum absolute atomic E-state index is 0. The first-order chi connectivity index (χ1) is 10.4. The van der Waals surface area contributed by atoms with Crippen molar-refractivity contribution in [2.24, 2.45) is 0 Å². The van der Waals surface area contributed by atoms with Crippen LogP contribution in [-0.4, -0.2) is 19.6 Å². The van der Waals surface area contributed by atoms with Gasteiger partial charge in [0.25, 0.3) is 10.1 Å². The molecule has 1 N–H and O–H groups in total. The molecule has 0 fully saturated rings. The van der Waals surface area contributed by atoms with Crippen LogP contribution in [0.4, 0.5) is 0 Å². The predicted octanol–water partition coefficient (Wildman–Crippen LogP) is 1.46. The summed E-state index contributed by atoms with van der Waals surface area (Å²) in [4.78, 5) is 0.847. The van der Waals surface area contributed by atoms with Gasteiger partial charge in [-0.2, -0.15) is 8.42 Å². The number of hydrogen-bond donors (Lipinski definition) is 1. The van der Waals surface area contributed by atoms with Gasteiger partial charge in [-0.05, 0) is 42.5 Å². The van der Waals surface area contributed by atoms with E-state index in [9.17, 15) is 13.0 Å². The monoisotopic (exact) mass is 398 g/mol. The summed E-state index contributed by atoms with van der Waals surface area (Å²) in [7, 11) is -1.25. The van der Waals surface area contributed by atoms with Gasteiger partial charge < -0.3 is 6.16 Å². The van der Waals surface area contributed by atoms with Crippen molar-refractivity contribution in [1.29, 1.82) is 0 Å². The molecule has 0 atom stereocenters. The molecule has 0 saturated carbocycles. The minimum atomic E-state index is -4.34. The smallest absolute Gasteiger partial charge is 1.00 e. The van der Waals surface area contributed by atoms with Crippen LogP contribution < -0.4 is 34.3 Å². The summed E-state index contributed by atoms with van der Waals surface area (Å²) >= 11 is 5.33. The molecule has 1 aliphatic carbocycles. The first-order valence-electron chi connectivity index (χ1n) is 6.81. The summed E-state index contributed by atoms with van der Waals surface area (Å²) in [5.41, 5.74) is 2.99. The van der Waals surface area contributed by atoms with Gasteiger partial charge in [-0.15, -0.1) is 0 Å². The van der Waals surface area contributed by atoms with E-state index >= 15 is 0 Å². The Hall–Kier alpha value is 0.200. The molecule has 0 amide bonds. The van der Waals surface area contributed by atoms with E-state index in [1.54, 1.807) is 16.4 Å². The Morgan fingerprint density at radius 3 is 2.74 bits per heavy atom. The van der Waals surface area contributed by atoms with Crippen molar-refractivity contribution in [3.05, 3.63) is 27.1 Å². The normalized spacial score (nSPS) is 13.0. The van der Waals surface area contributed by atoms with E-state index in [1.165, 1.54) is 16.4 Å². The van der Waals surface area contributed by atoms with Crippen LogP contribution >= 0.6 is 32.9 Å². The third kappa shape index (κ3) is 3.90. The summed E-state index contributed by atoms with van der Waals surface area (Å²) in [6.45, 7) is 2.35. The third-order valence-electron chi connectivity index (χ3n) is 3.52. The molecule has 0 radical (unpaired) electrons. The zero-order valence-electron chi connectivity index (χ0n) is 13.8. The summed E-state index contributed by atoms with van der Waals surface area (Å²) in [5.74, 6) is 0.227. The van der Waals surface area contributed by atoms with Gasteiger partial charge in [-0.3, -0.25) is 4.55 Å². The summed E-state index contributed by atoms with van der Waals surface area (Å²) < 4.78 is 39.2. The molecule has 0 unspecified atom stereocenters. The maximum absolute atomic E-state index is 11.7. The number of fused-ring (bicyclic) bond motifs is 3. The van der Waals surface area contributed by atoms with Gasteiger partial charge in [0, 0.05) is 5.56 Å². The van der Waals surface area contributed by atoms with Crippen molar-refractivity contribution in [2.45, 2.75) is 31.1 Å². The van der Waals surface area contributed by atoms with Gasteiger partial charge >= 0.3 is 29.6 Å². The average molecular weight is 399 g/mol. The largest absolute Gasteiger partial charge is 1.00 e. The van der Waals surface area contributed by atoms with E-state index in [-0.39, 0.29) is 41.6 Å². The summed E-state index contributed by atoms with van der Waals surface area (Å²) in [5, 5.41) is 0. The molecule has 120 valence electrons. The van der Waals surface area contributed by atoms with Crippen LogP contribution in [0.15, 0.2) is 17.0 Å². The van der Waals surface area contributed by atoms with Crippen molar-refractivity contribution in [3.8, 4) is 16.2 Å². The first-order valence-corrected chi connectivity index (χ1v) is 10.8. The molecule has 1 aliphatic rings. The van der Waals surface area contributed by atoms with Crippen LogP contribution in [0.2, 0.25) is 0 Å². The Balaban J connectivity index is 0.00000144. The van der Waals surface area contributed by atoms with Gasteiger partial charge in [0.15, 0.2) is 0 Å². The van der Waals surface area contributed by atoms with Crippen molar-refractivity contribution in [2.75, 3.05) is 6.61 Å². The average Bonchev–Trinajstić information content (AvgIpc) is 2.85. The standard InChI is InChI=1S/C14H14O4S4.Na.H/c1-2-5-18-11-6-8-3-4-9-13(20-21-14(9)19)10(8)7-12(11)22(15,16)17;;/h6-7H,2-5H2,1H3,(H,15,16,17);;/q;+1;-1.